The van der Waals surface area contributed by atoms with Gasteiger partial charge in [-0.25, -0.2) is 9.37 Å². The van der Waals surface area contributed by atoms with Crippen LogP contribution in [-0.2, 0) is 6.42 Å². The van der Waals surface area contributed by atoms with Crippen molar-refractivity contribution in [3.05, 3.63) is 61.7 Å². The number of hydrogen-bond acceptors (Lipinski definition) is 4. The molecule has 3 rings (SSSR count). The van der Waals surface area contributed by atoms with Crippen molar-refractivity contribution < 1.29 is 4.39 Å². The van der Waals surface area contributed by atoms with Gasteiger partial charge in [0.1, 0.15) is 23.3 Å². The summed E-state index contributed by atoms with van der Waals surface area (Å²) in [5.41, 5.74) is 1.34. The number of rotatable bonds is 6. The maximum absolute atomic E-state index is 14.2. The van der Waals surface area contributed by atoms with Gasteiger partial charge in [0.05, 0.1) is 6.04 Å². The molecule has 1 atom stereocenters. The molecule has 0 radical (unpaired) electrons. The lowest BCUT2D eigenvalue weighted by Crippen LogP contribution is -2.16. The second kappa shape index (κ2) is 7.92. The minimum absolute atomic E-state index is 0.231. The fourth-order valence-electron chi connectivity index (χ4n) is 2.93. The first-order valence-corrected chi connectivity index (χ1v) is 9.50. The Kier molecular flexibility index (Phi) is 5.61. The lowest BCUT2D eigenvalue weighted by atomic mass is 10.1. The van der Waals surface area contributed by atoms with Gasteiger partial charge in [-0.3, -0.25) is 9.89 Å². The smallest absolute Gasteiger partial charge is 0.272 e. The van der Waals surface area contributed by atoms with E-state index in [0.29, 0.717) is 28.0 Å². The van der Waals surface area contributed by atoms with Gasteiger partial charge >= 0.3 is 0 Å². The third-order valence-corrected chi connectivity index (χ3v) is 4.85. The average molecular weight is 432 g/mol. The van der Waals surface area contributed by atoms with Gasteiger partial charge < -0.3 is 5.32 Å². The summed E-state index contributed by atoms with van der Waals surface area (Å²) in [6, 6.07) is 7.94. The van der Waals surface area contributed by atoms with Crippen molar-refractivity contribution in [2.24, 2.45) is 0 Å². The number of hydrogen-bond donors (Lipinski definition) is 2. The van der Waals surface area contributed by atoms with Gasteiger partial charge in [-0.15, -0.1) is 0 Å². The number of aromatic amines is 1. The van der Waals surface area contributed by atoms with Gasteiger partial charge in [-0.05, 0) is 31.9 Å². The van der Waals surface area contributed by atoms with Crippen LogP contribution in [0.25, 0.3) is 5.65 Å². The highest BCUT2D eigenvalue weighted by molar-refractivity contribution is 9.10. The number of aromatic nitrogens is 3. The maximum Gasteiger partial charge on any atom is 0.272 e. The Balaban J connectivity index is 2.00. The summed E-state index contributed by atoms with van der Waals surface area (Å²) in [6.07, 6.45) is 2.59. The zero-order valence-corrected chi connectivity index (χ0v) is 16.6. The molecule has 140 valence electrons. The van der Waals surface area contributed by atoms with Gasteiger partial charge in [-0.2, -0.15) is 9.78 Å². The molecule has 3 aromatic rings. The summed E-state index contributed by atoms with van der Waals surface area (Å²) < 4.78 is 16.1. The van der Waals surface area contributed by atoms with Gasteiger partial charge in [-0.1, -0.05) is 35.3 Å². The van der Waals surface area contributed by atoms with E-state index in [9.17, 15) is 14.4 Å². The molecule has 0 bridgehead atoms. The van der Waals surface area contributed by atoms with Crippen molar-refractivity contribution in [1.82, 2.24) is 14.6 Å². The number of unbranched alkanes of at least 4 members (excludes halogenated alkanes) is 1. The third kappa shape index (κ3) is 3.88. The van der Waals surface area contributed by atoms with E-state index in [4.69, 9.17) is 0 Å². The van der Waals surface area contributed by atoms with Crippen LogP contribution in [0.2, 0.25) is 0 Å². The molecule has 8 heteroatoms. The molecule has 0 saturated carbocycles. The Morgan fingerprint density at radius 3 is 2.89 bits per heavy atom. The largest absolute Gasteiger partial charge is 0.363 e. The Hall–Kier alpha value is -2.66. The van der Waals surface area contributed by atoms with E-state index in [1.807, 2.05) is 0 Å². The fourth-order valence-corrected chi connectivity index (χ4v) is 3.26. The number of anilines is 1. The van der Waals surface area contributed by atoms with Crippen molar-refractivity contribution in [1.29, 1.82) is 5.26 Å². The lowest BCUT2D eigenvalue weighted by molar-refractivity contribution is 0.599. The monoisotopic (exact) mass is 431 g/mol. The van der Waals surface area contributed by atoms with Crippen LogP contribution in [0, 0.1) is 17.1 Å². The minimum Gasteiger partial charge on any atom is -0.363 e. The summed E-state index contributed by atoms with van der Waals surface area (Å²) in [5.74, 6) is -0.0271. The predicted octanol–water partition coefficient (Wildman–Crippen LogP) is 4.31. The predicted molar refractivity (Wildman–Crippen MR) is 105 cm³/mol. The number of nitrogens with zero attached hydrogens (tertiary/aromatic N) is 3. The zero-order chi connectivity index (χ0) is 19.6. The number of H-pyrrole nitrogens is 1. The zero-order valence-electron chi connectivity index (χ0n) is 15.0. The van der Waals surface area contributed by atoms with E-state index >= 15 is 0 Å². The Morgan fingerprint density at radius 1 is 1.44 bits per heavy atom. The number of halogens is 2. The molecule has 0 fully saturated rings. The Bertz CT molecular complexity index is 1080. The molecule has 1 aromatic carbocycles. The maximum atomic E-state index is 14.2. The fraction of sp³-hybridized carbons (Fsp3) is 0.316. The number of nitrogens with one attached hydrogen (secondary N) is 2. The van der Waals surface area contributed by atoms with Crippen molar-refractivity contribution >= 4 is 27.4 Å². The van der Waals surface area contributed by atoms with Crippen LogP contribution in [0.1, 0.15) is 49.6 Å². The van der Waals surface area contributed by atoms with Gasteiger partial charge in [0.15, 0.2) is 5.65 Å². The van der Waals surface area contributed by atoms with Crippen LogP contribution in [0.15, 0.2) is 33.5 Å². The molecule has 0 unspecified atom stereocenters. The van der Waals surface area contributed by atoms with Crippen LogP contribution in [-0.4, -0.2) is 14.6 Å². The van der Waals surface area contributed by atoms with Crippen molar-refractivity contribution in [2.75, 3.05) is 5.32 Å². The summed E-state index contributed by atoms with van der Waals surface area (Å²) in [7, 11) is 0. The minimum atomic E-state index is -0.423. The summed E-state index contributed by atoms with van der Waals surface area (Å²) in [5, 5.41) is 15.6. The van der Waals surface area contributed by atoms with E-state index in [1.165, 1.54) is 16.6 Å². The SMILES string of the molecule is CCCCc1cc(=O)n2[nH]c(N[C@H](C)c3ccc(Br)cc3F)c(C#N)c2n1. The first-order chi connectivity index (χ1) is 12.9. The molecule has 2 N–H and O–H groups in total. The van der Waals surface area contributed by atoms with Crippen LogP contribution in [0.3, 0.4) is 0 Å². The Labute approximate surface area is 164 Å². The molecule has 0 amide bonds. The van der Waals surface area contributed by atoms with E-state index in [2.05, 4.69) is 44.3 Å². The number of benzene rings is 1. The number of nitriles is 1. The molecular weight excluding hydrogens is 413 g/mol. The van der Waals surface area contributed by atoms with Crippen LogP contribution >= 0.6 is 15.9 Å². The summed E-state index contributed by atoms with van der Waals surface area (Å²) in [4.78, 5) is 16.8. The van der Waals surface area contributed by atoms with E-state index in [1.54, 1.807) is 19.1 Å². The van der Waals surface area contributed by atoms with E-state index in [-0.39, 0.29) is 22.6 Å². The summed E-state index contributed by atoms with van der Waals surface area (Å²) >= 11 is 3.23. The van der Waals surface area contributed by atoms with Crippen molar-refractivity contribution in [3.63, 3.8) is 0 Å². The number of aryl methyl sites for hydroxylation is 1. The van der Waals surface area contributed by atoms with Crippen molar-refractivity contribution in [2.45, 2.75) is 39.2 Å². The second-order valence-electron chi connectivity index (χ2n) is 6.35. The highest BCUT2D eigenvalue weighted by Crippen LogP contribution is 2.26. The van der Waals surface area contributed by atoms with Gasteiger partial charge in [0, 0.05) is 21.8 Å². The van der Waals surface area contributed by atoms with E-state index < -0.39 is 6.04 Å². The lowest BCUT2D eigenvalue weighted by Gasteiger charge is -2.15. The van der Waals surface area contributed by atoms with E-state index in [0.717, 1.165) is 12.8 Å². The van der Waals surface area contributed by atoms with Crippen LogP contribution in [0.4, 0.5) is 10.2 Å². The van der Waals surface area contributed by atoms with Crippen molar-refractivity contribution in [3.8, 4) is 6.07 Å². The van der Waals surface area contributed by atoms with Crippen LogP contribution in [0.5, 0.6) is 0 Å². The van der Waals surface area contributed by atoms with Gasteiger partial charge in [0.2, 0.25) is 0 Å². The Morgan fingerprint density at radius 2 is 2.22 bits per heavy atom. The van der Waals surface area contributed by atoms with Crippen LogP contribution < -0.4 is 10.9 Å². The normalized spacial score (nSPS) is 12.1. The highest BCUT2D eigenvalue weighted by Gasteiger charge is 2.18. The highest BCUT2D eigenvalue weighted by atomic mass is 79.9. The van der Waals surface area contributed by atoms with Gasteiger partial charge in [0.25, 0.3) is 5.56 Å². The molecular formula is C19H19BrFN5O. The number of fused-ring (bicyclic) bond motifs is 1. The topological polar surface area (TPSA) is 86.0 Å². The quantitative estimate of drug-likeness (QED) is 0.608. The average Bonchev–Trinajstić information content (AvgIpc) is 2.97. The molecule has 2 aromatic heterocycles. The molecule has 0 saturated heterocycles. The molecule has 0 aliphatic heterocycles. The molecule has 2 heterocycles. The molecule has 0 aliphatic rings. The molecule has 0 aliphatic carbocycles. The standard InChI is InChI=1S/C19H19BrFN5O/c1-3-4-5-13-9-17(27)26-19(24-13)15(10-22)18(25-26)23-11(2)14-7-6-12(20)8-16(14)21/h6-9,11,23,25H,3-5H2,1-2H3/t11-/m1/s1. The summed E-state index contributed by atoms with van der Waals surface area (Å²) in [6.45, 7) is 3.84. The third-order valence-electron chi connectivity index (χ3n) is 4.36. The molecule has 0 spiro atoms. The molecule has 27 heavy (non-hydrogen) atoms. The molecule has 6 nitrogen and oxygen atoms in total. The second-order valence-corrected chi connectivity index (χ2v) is 7.27. The first-order valence-electron chi connectivity index (χ1n) is 8.70. The first kappa shape index (κ1) is 19.1.